The minimum Gasteiger partial charge on any atom is -0.462 e. The number of carbonyl (C=O) groups is 2. The van der Waals surface area contributed by atoms with Crippen molar-refractivity contribution in [1.82, 2.24) is 0 Å². The number of ether oxygens (including phenoxy) is 1. The van der Waals surface area contributed by atoms with Gasteiger partial charge in [0, 0.05) is 0 Å². The Bertz CT molecular complexity index is 448. The summed E-state index contributed by atoms with van der Waals surface area (Å²) < 4.78 is 6.72. The van der Waals surface area contributed by atoms with Crippen molar-refractivity contribution in [3.8, 4) is 0 Å². The summed E-state index contributed by atoms with van der Waals surface area (Å²) in [4.78, 5) is 22.8. The molecular formula is C11H15N2O3S+. The number of anilines is 1. The zero-order chi connectivity index (χ0) is 12.8. The summed E-state index contributed by atoms with van der Waals surface area (Å²) in [6.45, 7) is 2.05. The van der Waals surface area contributed by atoms with Crippen molar-refractivity contribution in [3.05, 3.63) is 16.5 Å². The Kier molecular flexibility index (Phi) is 4.84. The Morgan fingerprint density at radius 2 is 2.29 bits per heavy atom. The summed E-state index contributed by atoms with van der Waals surface area (Å²) in [7, 11) is 3.70. The first-order valence-corrected chi connectivity index (χ1v) is 5.92. The van der Waals surface area contributed by atoms with Crippen LogP contribution in [0.2, 0.25) is 0 Å². The van der Waals surface area contributed by atoms with Crippen LogP contribution in [0.3, 0.4) is 0 Å². The number of hydrogen-bond donors (Lipinski definition) is 1. The molecule has 17 heavy (non-hydrogen) atoms. The zero-order valence-corrected chi connectivity index (χ0v) is 10.8. The van der Waals surface area contributed by atoms with Crippen LogP contribution >= 0.6 is 11.3 Å². The van der Waals surface area contributed by atoms with Gasteiger partial charge in [0.2, 0.25) is 6.34 Å². The fraction of sp³-hybridized carbons (Fsp3) is 0.364. The lowest BCUT2D eigenvalue weighted by Gasteiger charge is -1.99. The van der Waals surface area contributed by atoms with E-state index in [1.807, 2.05) is 14.1 Å². The van der Waals surface area contributed by atoms with Crippen LogP contribution in [0.1, 0.15) is 27.0 Å². The van der Waals surface area contributed by atoms with Crippen molar-refractivity contribution < 1.29 is 18.9 Å². The average Bonchev–Trinajstić information content (AvgIpc) is 2.70. The standard InChI is InChI=1S/C11H14N2O3S/c1-4-16-11(15)9-5-8(6-14)17-10(9)12-7-13(2)3/h5-7H,4H2,1-3H3/p+1. The third kappa shape index (κ3) is 3.67. The van der Waals surface area contributed by atoms with E-state index in [2.05, 4.69) is 5.32 Å². The van der Waals surface area contributed by atoms with Crippen LogP contribution in [0.25, 0.3) is 0 Å². The molecule has 0 atom stereocenters. The molecule has 1 aromatic heterocycles. The number of nitrogens with zero attached hydrogens (tertiary/aromatic N) is 1. The lowest BCUT2D eigenvalue weighted by molar-refractivity contribution is -0.459. The molecule has 0 amide bonds. The SMILES string of the molecule is CCOC(=O)c1cc(C=O)sc1NC=[N+](C)C. The van der Waals surface area contributed by atoms with E-state index in [0.717, 1.165) is 0 Å². The van der Waals surface area contributed by atoms with Gasteiger partial charge in [0.05, 0.1) is 25.6 Å². The first-order chi connectivity index (χ1) is 8.08. The maximum Gasteiger partial charge on any atom is 0.343 e. The lowest BCUT2D eigenvalue weighted by atomic mass is 10.3. The maximum absolute atomic E-state index is 11.6. The van der Waals surface area contributed by atoms with E-state index in [0.29, 0.717) is 28.3 Å². The van der Waals surface area contributed by atoms with Gasteiger partial charge < -0.3 is 4.74 Å². The van der Waals surface area contributed by atoms with Crippen molar-refractivity contribution in [2.75, 3.05) is 26.0 Å². The molecule has 0 aliphatic rings. The van der Waals surface area contributed by atoms with E-state index in [4.69, 9.17) is 4.74 Å². The van der Waals surface area contributed by atoms with Gasteiger partial charge in [0.15, 0.2) is 11.3 Å². The molecule has 0 spiro atoms. The van der Waals surface area contributed by atoms with E-state index >= 15 is 0 Å². The minimum atomic E-state index is -0.425. The second-order valence-electron chi connectivity index (χ2n) is 3.47. The van der Waals surface area contributed by atoms with Gasteiger partial charge in [0.1, 0.15) is 5.56 Å². The molecule has 92 valence electrons. The largest absolute Gasteiger partial charge is 0.462 e. The average molecular weight is 255 g/mol. The van der Waals surface area contributed by atoms with Crippen LogP contribution in [0, 0.1) is 0 Å². The van der Waals surface area contributed by atoms with Crippen molar-refractivity contribution in [1.29, 1.82) is 0 Å². The normalized spacial score (nSPS) is 9.59. The van der Waals surface area contributed by atoms with E-state index in [9.17, 15) is 9.59 Å². The number of rotatable bonds is 5. The number of nitrogens with one attached hydrogen (secondary N) is 1. The first kappa shape index (κ1) is 13.4. The summed E-state index contributed by atoms with van der Waals surface area (Å²) >= 11 is 1.22. The molecule has 0 aromatic carbocycles. The van der Waals surface area contributed by atoms with Gasteiger partial charge in [-0.1, -0.05) is 11.3 Å². The minimum absolute atomic E-state index is 0.307. The number of hydrogen-bond acceptors (Lipinski definition) is 4. The Balaban J connectivity index is 3.00. The van der Waals surface area contributed by atoms with E-state index in [1.165, 1.54) is 17.4 Å². The monoisotopic (exact) mass is 255 g/mol. The van der Waals surface area contributed by atoms with Gasteiger partial charge in [-0.15, -0.1) is 0 Å². The highest BCUT2D eigenvalue weighted by atomic mass is 32.1. The summed E-state index contributed by atoms with van der Waals surface area (Å²) in [5.74, 6) is -0.425. The quantitative estimate of drug-likeness (QED) is 0.284. The van der Waals surface area contributed by atoms with Crippen LogP contribution in [0.4, 0.5) is 5.00 Å². The molecule has 6 heteroatoms. The summed E-state index contributed by atoms with van der Waals surface area (Å²) in [5.41, 5.74) is 0.386. The fourth-order valence-corrected chi connectivity index (χ4v) is 1.95. The Hall–Kier alpha value is -1.69. The van der Waals surface area contributed by atoms with Crippen LogP contribution in [0.5, 0.6) is 0 Å². The van der Waals surface area contributed by atoms with Gasteiger partial charge in [-0.05, 0) is 13.0 Å². The second kappa shape index (κ2) is 6.15. The molecular weight excluding hydrogens is 240 g/mol. The lowest BCUT2D eigenvalue weighted by Crippen LogP contribution is -2.10. The van der Waals surface area contributed by atoms with Crippen LogP contribution in [0.15, 0.2) is 6.07 Å². The predicted octanol–water partition coefficient (Wildman–Crippen LogP) is 1.45. The summed E-state index contributed by atoms with van der Waals surface area (Å²) in [6, 6.07) is 1.53. The van der Waals surface area contributed by atoms with Crippen LogP contribution < -0.4 is 5.32 Å². The Morgan fingerprint density at radius 1 is 1.59 bits per heavy atom. The highest BCUT2D eigenvalue weighted by molar-refractivity contribution is 7.18. The molecule has 5 nitrogen and oxygen atoms in total. The highest BCUT2D eigenvalue weighted by Crippen LogP contribution is 2.27. The van der Waals surface area contributed by atoms with E-state index in [-0.39, 0.29) is 0 Å². The molecule has 0 saturated heterocycles. The van der Waals surface area contributed by atoms with Crippen molar-refractivity contribution in [2.45, 2.75) is 6.92 Å². The number of carbonyl (C=O) groups excluding carboxylic acids is 2. The second-order valence-corrected chi connectivity index (χ2v) is 4.55. The third-order valence-electron chi connectivity index (χ3n) is 1.82. The van der Waals surface area contributed by atoms with Gasteiger partial charge in [-0.2, -0.15) is 0 Å². The molecule has 0 aliphatic carbocycles. The molecule has 1 aromatic rings. The highest BCUT2D eigenvalue weighted by Gasteiger charge is 2.19. The van der Waals surface area contributed by atoms with E-state index in [1.54, 1.807) is 17.8 Å². The summed E-state index contributed by atoms with van der Waals surface area (Å²) in [6.07, 6.45) is 2.41. The Labute approximate surface area is 104 Å². The molecule has 1 N–H and O–H groups in total. The molecule has 1 heterocycles. The molecule has 0 bridgehead atoms. The van der Waals surface area contributed by atoms with Crippen molar-refractivity contribution >= 4 is 34.9 Å². The van der Waals surface area contributed by atoms with Crippen LogP contribution in [-0.2, 0) is 4.74 Å². The van der Waals surface area contributed by atoms with Crippen molar-refractivity contribution in [2.24, 2.45) is 0 Å². The topological polar surface area (TPSA) is 58.4 Å². The molecule has 0 saturated carbocycles. The summed E-state index contributed by atoms with van der Waals surface area (Å²) in [5, 5.41) is 3.58. The zero-order valence-electron chi connectivity index (χ0n) is 10.0. The fourth-order valence-electron chi connectivity index (χ4n) is 1.12. The van der Waals surface area contributed by atoms with E-state index < -0.39 is 5.97 Å². The maximum atomic E-state index is 11.6. The van der Waals surface area contributed by atoms with Gasteiger partial charge >= 0.3 is 5.97 Å². The molecule has 1 rings (SSSR count). The number of esters is 1. The molecule has 0 aliphatic heterocycles. The molecule has 0 fully saturated rings. The molecule has 0 radical (unpaired) electrons. The smallest absolute Gasteiger partial charge is 0.343 e. The van der Waals surface area contributed by atoms with Gasteiger partial charge in [-0.25, -0.2) is 10.1 Å². The number of thiophene rings is 1. The third-order valence-corrected chi connectivity index (χ3v) is 2.81. The first-order valence-electron chi connectivity index (χ1n) is 5.11. The Morgan fingerprint density at radius 3 is 2.82 bits per heavy atom. The van der Waals surface area contributed by atoms with Crippen LogP contribution in [-0.4, -0.2) is 43.9 Å². The predicted molar refractivity (Wildman–Crippen MR) is 67.5 cm³/mol. The molecule has 0 unspecified atom stereocenters. The van der Waals surface area contributed by atoms with Gasteiger partial charge in [-0.3, -0.25) is 9.37 Å². The van der Waals surface area contributed by atoms with Crippen molar-refractivity contribution in [3.63, 3.8) is 0 Å². The van der Waals surface area contributed by atoms with Gasteiger partial charge in [0.25, 0.3) is 0 Å². The number of aldehydes is 1.